The normalized spacial score (nSPS) is 11.2. The van der Waals surface area contributed by atoms with Gasteiger partial charge < -0.3 is 14.6 Å². The first-order chi connectivity index (χ1) is 18.9. The van der Waals surface area contributed by atoms with E-state index < -0.39 is 0 Å². The Morgan fingerprint density at radius 3 is 2.69 bits per heavy atom. The molecule has 10 heteroatoms. The minimum Gasteiger partial charge on any atom is -0.493 e. The third kappa shape index (κ3) is 6.79. The summed E-state index contributed by atoms with van der Waals surface area (Å²) in [5.41, 5.74) is 5.01. The topological polar surface area (TPSA) is 81.9 Å². The van der Waals surface area contributed by atoms with Crippen LogP contribution in [0, 0.1) is 13.8 Å². The van der Waals surface area contributed by atoms with Crippen molar-refractivity contribution in [3.05, 3.63) is 82.6 Å². The maximum Gasteiger partial charge on any atom is 0.234 e. The summed E-state index contributed by atoms with van der Waals surface area (Å²) in [6.45, 7) is 4.63. The molecule has 0 saturated heterocycles. The Balaban J connectivity index is 1.09. The Bertz CT molecular complexity index is 1610. The first-order valence-corrected chi connectivity index (χ1v) is 14.7. The largest absolute Gasteiger partial charge is 0.493 e. The van der Waals surface area contributed by atoms with Crippen molar-refractivity contribution in [3.63, 3.8) is 0 Å². The predicted molar refractivity (Wildman–Crippen MR) is 160 cm³/mol. The van der Waals surface area contributed by atoms with Crippen molar-refractivity contribution in [2.75, 3.05) is 17.7 Å². The highest BCUT2D eigenvalue weighted by Gasteiger charge is 2.13. The van der Waals surface area contributed by atoms with Gasteiger partial charge in [0.1, 0.15) is 16.6 Å². The molecule has 0 bridgehead atoms. The van der Waals surface area contributed by atoms with E-state index in [0.29, 0.717) is 16.8 Å². The number of thioether (sulfide) groups is 1. The van der Waals surface area contributed by atoms with E-state index in [2.05, 4.69) is 40.6 Å². The van der Waals surface area contributed by atoms with Gasteiger partial charge in [0.2, 0.25) is 5.91 Å². The molecule has 1 amide bonds. The second kappa shape index (κ2) is 12.2. The van der Waals surface area contributed by atoms with Gasteiger partial charge in [0.05, 0.1) is 22.6 Å². The number of carbonyl (C=O) groups is 1. The number of fused-ring (bicyclic) bond motifs is 1. The standard InChI is InChI=1S/C29H28ClN5O2S2/c1-18-6-12-23-25(15-18)39-28(32-23)20-7-10-22(11-8-20)31-27(36)17-38-29-34-33-26(35(29)3)5-4-14-37-24-13-9-21(30)16-19(24)2/h6-13,15-16H,4-5,14,17H2,1-3H3,(H,31,36). The van der Waals surface area contributed by atoms with E-state index >= 15 is 0 Å². The Labute approximate surface area is 240 Å². The van der Waals surface area contributed by atoms with Gasteiger partial charge in [0.25, 0.3) is 0 Å². The summed E-state index contributed by atoms with van der Waals surface area (Å²) in [6.07, 6.45) is 1.52. The first kappa shape index (κ1) is 27.2. The van der Waals surface area contributed by atoms with Crippen LogP contribution in [0.25, 0.3) is 20.8 Å². The van der Waals surface area contributed by atoms with Crippen LogP contribution in [-0.4, -0.2) is 38.0 Å². The van der Waals surface area contributed by atoms with E-state index in [4.69, 9.17) is 21.3 Å². The van der Waals surface area contributed by atoms with Crippen LogP contribution in [0.5, 0.6) is 5.75 Å². The van der Waals surface area contributed by atoms with Crippen LogP contribution in [0.3, 0.4) is 0 Å². The molecular formula is C29H28ClN5O2S2. The number of anilines is 1. The number of aromatic nitrogens is 4. The quantitative estimate of drug-likeness (QED) is 0.141. The highest BCUT2D eigenvalue weighted by Crippen LogP contribution is 2.31. The van der Waals surface area contributed by atoms with Crippen molar-refractivity contribution in [1.29, 1.82) is 0 Å². The van der Waals surface area contributed by atoms with Crippen molar-refractivity contribution in [2.24, 2.45) is 7.05 Å². The number of thiazole rings is 1. The molecule has 0 fully saturated rings. The molecule has 0 atom stereocenters. The summed E-state index contributed by atoms with van der Waals surface area (Å²) in [4.78, 5) is 17.3. The Morgan fingerprint density at radius 2 is 1.90 bits per heavy atom. The predicted octanol–water partition coefficient (Wildman–Crippen LogP) is 7.10. The molecule has 39 heavy (non-hydrogen) atoms. The molecule has 3 aromatic carbocycles. The van der Waals surface area contributed by atoms with Crippen LogP contribution in [0.4, 0.5) is 5.69 Å². The minimum atomic E-state index is -0.0977. The molecule has 2 aromatic heterocycles. The van der Waals surface area contributed by atoms with Crippen molar-refractivity contribution >= 4 is 56.5 Å². The summed E-state index contributed by atoms with van der Waals surface area (Å²) in [5.74, 6) is 1.83. The average molecular weight is 578 g/mol. The highest BCUT2D eigenvalue weighted by molar-refractivity contribution is 7.99. The number of hydrogen-bond donors (Lipinski definition) is 1. The molecule has 0 saturated carbocycles. The lowest BCUT2D eigenvalue weighted by Gasteiger charge is -2.09. The van der Waals surface area contributed by atoms with Gasteiger partial charge in [0.15, 0.2) is 5.16 Å². The molecule has 0 aliphatic rings. The lowest BCUT2D eigenvalue weighted by molar-refractivity contribution is -0.113. The fraction of sp³-hybridized carbons (Fsp3) is 0.241. The molecule has 1 N–H and O–H groups in total. The number of ether oxygens (including phenoxy) is 1. The molecule has 5 rings (SSSR count). The average Bonchev–Trinajstić information content (AvgIpc) is 3.49. The number of rotatable bonds is 10. The monoisotopic (exact) mass is 577 g/mol. The van der Waals surface area contributed by atoms with Gasteiger partial charge in [-0.3, -0.25) is 4.79 Å². The number of halogens is 1. The van der Waals surface area contributed by atoms with Crippen LogP contribution < -0.4 is 10.1 Å². The van der Waals surface area contributed by atoms with Gasteiger partial charge in [-0.1, -0.05) is 29.4 Å². The number of carbonyl (C=O) groups excluding carboxylic acids is 1. The van der Waals surface area contributed by atoms with Crippen LogP contribution in [0.15, 0.2) is 65.8 Å². The van der Waals surface area contributed by atoms with Crippen LogP contribution in [0.2, 0.25) is 5.02 Å². The van der Waals surface area contributed by atoms with E-state index in [1.807, 2.05) is 61.0 Å². The third-order valence-electron chi connectivity index (χ3n) is 6.16. The maximum absolute atomic E-state index is 12.6. The number of hydrogen-bond acceptors (Lipinski definition) is 7. The van der Waals surface area contributed by atoms with Gasteiger partial charge in [0, 0.05) is 29.7 Å². The summed E-state index contributed by atoms with van der Waals surface area (Å²) in [5, 5.41) is 13.9. The van der Waals surface area contributed by atoms with E-state index in [1.54, 1.807) is 11.3 Å². The van der Waals surface area contributed by atoms with Crippen LogP contribution >= 0.6 is 34.7 Å². The lowest BCUT2D eigenvalue weighted by atomic mass is 10.2. The van der Waals surface area contributed by atoms with Gasteiger partial charge in [-0.05, 0) is 86.0 Å². The third-order valence-corrected chi connectivity index (χ3v) is 8.48. The fourth-order valence-electron chi connectivity index (χ4n) is 4.05. The molecule has 2 heterocycles. The van der Waals surface area contributed by atoms with E-state index in [-0.39, 0.29) is 11.7 Å². The molecule has 0 radical (unpaired) electrons. The molecule has 5 aromatic rings. The van der Waals surface area contributed by atoms with E-state index in [1.165, 1.54) is 22.0 Å². The Hall–Kier alpha value is -3.40. The van der Waals surface area contributed by atoms with Gasteiger partial charge >= 0.3 is 0 Å². The molecule has 0 aliphatic carbocycles. The molecule has 0 unspecified atom stereocenters. The number of nitrogens with one attached hydrogen (secondary N) is 1. The number of amides is 1. The summed E-state index contributed by atoms with van der Waals surface area (Å²) in [7, 11) is 1.92. The zero-order valence-corrected chi connectivity index (χ0v) is 24.3. The lowest BCUT2D eigenvalue weighted by Crippen LogP contribution is -2.14. The molecule has 0 aliphatic heterocycles. The smallest absolute Gasteiger partial charge is 0.234 e. The van der Waals surface area contributed by atoms with Crippen molar-refractivity contribution in [3.8, 4) is 16.3 Å². The van der Waals surface area contributed by atoms with E-state index in [9.17, 15) is 4.79 Å². The summed E-state index contributed by atoms with van der Waals surface area (Å²) in [6, 6.07) is 19.7. The fourth-order valence-corrected chi connectivity index (χ4v) is 6.08. The molecule has 200 valence electrons. The summed E-state index contributed by atoms with van der Waals surface area (Å²) >= 11 is 9.04. The molecule has 7 nitrogen and oxygen atoms in total. The van der Waals surface area contributed by atoms with Crippen molar-refractivity contribution < 1.29 is 9.53 Å². The maximum atomic E-state index is 12.6. The number of benzene rings is 3. The van der Waals surface area contributed by atoms with Crippen LogP contribution in [0.1, 0.15) is 23.4 Å². The second-order valence-corrected chi connectivity index (χ2v) is 11.6. The summed E-state index contributed by atoms with van der Waals surface area (Å²) < 4.78 is 8.97. The molecular weight excluding hydrogens is 550 g/mol. The van der Waals surface area contributed by atoms with Crippen LogP contribution in [-0.2, 0) is 18.3 Å². The first-order valence-electron chi connectivity index (χ1n) is 12.5. The number of aryl methyl sites for hydroxylation is 3. The SMILES string of the molecule is Cc1ccc2nc(-c3ccc(NC(=O)CSc4nnc(CCCOc5ccc(Cl)cc5C)n4C)cc3)sc2c1. The Morgan fingerprint density at radius 1 is 1.08 bits per heavy atom. The minimum absolute atomic E-state index is 0.0977. The highest BCUT2D eigenvalue weighted by atomic mass is 35.5. The van der Waals surface area contributed by atoms with Crippen molar-refractivity contribution in [2.45, 2.75) is 31.8 Å². The number of nitrogens with zero attached hydrogens (tertiary/aromatic N) is 4. The second-order valence-electron chi connectivity index (χ2n) is 9.22. The molecule has 0 spiro atoms. The Kier molecular flexibility index (Phi) is 8.50. The van der Waals surface area contributed by atoms with Crippen molar-refractivity contribution in [1.82, 2.24) is 19.7 Å². The van der Waals surface area contributed by atoms with Gasteiger partial charge in [-0.2, -0.15) is 0 Å². The zero-order valence-electron chi connectivity index (χ0n) is 21.9. The van der Waals surface area contributed by atoms with E-state index in [0.717, 1.165) is 51.8 Å². The zero-order chi connectivity index (χ0) is 27.4. The van der Waals surface area contributed by atoms with Gasteiger partial charge in [-0.25, -0.2) is 4.98 Å². The van der Waals surface area contributed by atoms with Gasteiger partial charge in [-0.15, -0.1) is 21.5 Å².